The van der Waals surface area contributed by atoms with Crippen molar-refractivity contribution in [1.29, 1.82) is 0 Å². The van der Waals surface area contributed by atoms with Crippen LogP contribution in [0.4, 0.5) is 0 Å². The molecule has 0 spiro atoms. The molecule has 3 N–H and O–H groups in total. The molecule has 1 heterocycles. The highest BCUT2D eigenvalue weighted by atomic mass is 32.1. The Morgan fingerprint density at radius 1 is 1.50 bits per heavy atom. The second-order valence-electron chi connectivity index (χ2n) is 2.10. The van der Waals surface area contributed by atoms with Gasteiger partial charge in [0, 0.05) is 16.3 Å². The normalized spacial score (nSPS) is 10.2. The first-order chi connectivity index (χ1) is 4.86. The van der Waals surface area contributed by atoms with Crippen LogP contribution in [0.5, 0.6) is 0 Å². The van der Waals surface area contributed by atoms with E-state index in [0.29, 0.717) is 0 Å². The van der Waals surface area contributed by atoms with Crippen molar-refractivity contribution >= 4 is 11.3 Å². The van der Waals surface area contributed by atoms with Crippen molar-refractivity contribution < 1.29 is 0 Å². The third kappa shape index (κ3) is 1.80. The van der Waals surface area contributed by atoms with Crippen molar-refractivity contribution in [2.24, 2.45) is 5.84 Å². The van der Waals surface area contributed by atoms with Gasteiger partial charge in [-0.25, -0.2) is 0 Å². The van der Waals surface area contributed by atoms with Gasteiger partial charge in [0.05, 0.1) is 0 Å². The lowest BCUT2D eigenvalue weighted by atomic mass is 10.4. The van der Waals surface area contributed by atoms with Gasteiger partial charge < -0.3 is 0 Å². The van der Waals surface area contributed by atoms with Gasteiger partial charge in [-0.1, -0.05) is 6.92 Å². The molecule has 0 saturated heterocycles. The first-order valence-corrected chi connectivity index (χ1v) is 4.19. The average molecular weight is 156 g/mol. The minimum absolute atomic E-state index is 0.782. The molecule has 0 unspecified atom stereocenters. The summed E-state index contributed by atoms with van der Waals surface area (Å²) < 4.78 is 0. The molecule has 56 valence electrons. The van der Waals surface area contributed by atoms with Crippen LogP contribution >= 0.6 is 11.3 Å². The highest BCUT2D eigenvalue weighted by molar-refractivity contribution is 7.11. The number of hydrazine groups is 1. The lowest BCUT2D eigenvalue weighted by Gasteiger charge is -1.91. The molecule has 0 radical (unpaired) electrons. The monoisotopic (exact) mass is 156 g/mol. The van der Waals surface area contributed by atoms with Crippen LogP contribution in [0.3, 0.4) is 0 Å². The maximum Gasteiger partial charge on any atom is 0.0442 e. The summed E-state index contributed by atoms with van der Waals surface area (Å²) in [5.41, 5.74) is 2.63. The van der Waals surface area contributed by atoms with Crippen LogP contribution < -0.4 is 11.3 Å². The van der Waals surface area contributed by atoms with E-state index in [0.717, 1.165) is 13.0 Å². The van der Waals surface area contributed by atoms with Crippen LogP contribution in [0.2, 0.25) is 0 Å². The van der Waals surface area contributed by atoms with E-state index in [1.165, 1.54) is 9.75 Å². The van der Waals surface area contributed by atoms with E-state index in [2.05, 4.69) is 24.5 Å². The summed E-state index contributed by atoms with van der Waals surface area (Å²) in [5.74, 6) is 5.17. The van der Waals surface area contributed by atoms with E-state index in [-0.39, 0.29) is 0 Å². The maximum absolute atomic E-state index is 5.17. The fourth-order valence-electron chi connectivity index (χ4n) is 0.808. The minimum Gasteiger partial charge on any atom is -0.271 e. The topological polar surface area (TPSA) is 38.0 Å². The van der Waals surface area contributed by atoms with Crippen molar-refractivity contribution in [2.45, 2.75) is 19.9 Å². The summed E-state index contributed by atoms with van der Waals surface area (Å²) >= 11 is 1.81. The van der Waals surface area contributed by atoms with E-state index >= 15 is 0 Å². The molecule has 0 aromatic carbocycles. The number of nitrogens with one attached hydrogen (secondary N) is 1. The second-order valence-corrected chi connectivity index (χ2v) is 3.36. The Morgan fingerprint density at radius 3 is 2.70 bits per heavy atom. The van der Waals surface area contributed by atoms with Gasteiger partial charge in [0.2, 0.25) is 0 Å². The van der Waals surface area contributed by atoms with E-state index in [1.807, 2.05) is 11.3 Å². The molecule has 0 bridgehead atoms. The van der Waals surface area contributed by atoms with Gasteiger partial charge in [0.15, 0.2) is 0 Å². The van der Waals surface area contributed by atoms with Crippen molar-refractivity contribution in [2.75, 3.05) is 0 Å². The standard InChI is InChI=1S/C7H12N2S/c1-2-6-3-4-7(10-6)5-9-8/h3-4,9H,2,5,8H2,1H3. The molecule has 1 rings (SSSR count). The fourth-order valence-corrected chi connectivity index (χ4v) is 1.72. The fraction of sp³-hybridized carbons (Fsp3) is 0.429. The molecular weight excluding hydrogens is 144 g/mol. The van der Waals surface area contributed by atoms with E-state index in [4.69, 9.17) is 5.84 Å². The van der Waals surface area contributed by atoms with E-state index in [9.17, 15) is 0 Å². The Hall–Kier alpha value is -0.380. The molecule has 0 aliphatic rings. The van der Waals surface area contributed by atoms with Crippen molar-refractivity contribution in [1.82, 2.24) is 5.43 Å². The average Bonchev–Trinajstić information content (AvgIpc) is 2.37. The van der Waals surface area contributed by atoms with Gasteiger partial charge in [0.25, 0.3) is 0 Å². The van der Waals surface area contributed by atoms with Gasteiger partial charge >= 0.3 is 0 Å². The van der Waals surface area contributed by atoms with Gasteiger partial charge in [-0.2, -0.15) is 0 Å². The summed E-state index contributed by atoms with van der Waals surface area (Å²) in [6.45, 7) is 2.94. The molecule has 0 aliphatic carbocycles. The zero-order valence-corrected chi connectivity index (χ0v) is 6.87. The summed E-state index contributed by atoms with van der Waals surface area (Å²) in [4.78, 5) is 2.73. The maximum atomic E-state index is 5.17. The Bertz CT molecular complexity index is 195. The molecule has 0 saturated carbocycles. The molecule has 2 nitrogen and oxygen atoms in total. The first kappa shape index (κ1) is 7.72. The summed E-state index contributed by atoms with van der Waals surface area (Å²) in [6, 6.07) is 4.26. The lowest BCUT2D eigenvalue weighted by molar-refractivity contribution is 0.751. The third-order valence-corrected chi connectivity index (χ3v) is 2.57. The lowest BCUT2D eigenvalue weighted by Crippen LogP contribution is -2.19. The molecule has 0 amide bonds. The van der Waals surface area contributed by atoms with E-state index in [1.54, 1.807) is 0 Å². The van der Waals surface area contributed by atoms with Crippen LogP contribution in [0.15, 0.2) is 12.1 Å². The number of rotatable bonds is 3. The Kier molecular flexibility index (Phi) is 2.86. The third-order valence-electron chi connectivity index (χ3n) is 1.34. The predicted molar refractivity (Wildman–Crippen MR) is 44.7 cm³/mol. The molecular formula is C7H12N2S. The van der Waals surface area contributed by atoms with Gasteiger partial charge in [0.1, 0.15) is 0 Å². The van der Waals surface area contributed by atoms with Crippen molar-refractivity contribution in [3.05, 3.63) is 21.9 Å². The van der Waals surface area contributed by atoms with Crippen molar-refractivity contribution in [3.8, 4) is 0 Å². The zero-order valence-electron chi connectivity index (χ0n) is 6.05. The Balaban J connectivity index is 2.59. The van der Waals surface area contributed by atoms with Gasteiger partial charge in [-0.3, -0.25) is 11.3 Å². The predicted octanol–water partition coefficient (Wildman–Crippen LogP) is 1.27. The zero-order chi connectivity index (χ0) is 7.40. The van der Waals surface area contributed by atoms with Gasteiger partial charge in [-0.05, 0) is 18.6 Å². The highest BCUT2D eigenvalue weighted by Gasteiger charge is 1.95. The Morgan fingerprint density at radius 2 is 2.20 bits per heavy atom. The smallest absolute Gasteiger partial charge is 0.0442 e. The van der Waals surface area contributed by atoms with Crippen LogP contribution in [0, 0.1) is 0 Å². The molecule has 10 heavy (non-hydrogen) atoms. The number of hydrogen-bond acceptors (Lipinski definition) is 3. The summed E-state index contributed by atoms with van der Waals surface area (Å²) in [5, 5.41) is 0. The molecule has 1 aromatic heterocycles. The molecule has 1 aromatic rings. The minimum atomic E-state index is 0.782. The van der Waals surface area contributed by atoms with Gasteiger partial charge in [-0.15, -0.1) is 11.3 Å². The van der Waals surface area contributed by atoms with Crippen LogP contribution in [-0.4, -0.2) is 0 Å². The number of hydrogen-bond donors (Lipinski definition) is 2. The highest BCUT2D eigenvalue weighted by Crippen LogP contribution is 2.15. The molecule has 0 fully saturated rings. The Labute approximate surface area is 65.0 Å². The van der Waals surface area contributed by atoms with Crippen LogP contribution in [-0.2, 0) is 13.0 Å². The van der Waals surface area contributed by atoms with Crippen LogP contribution in [0.1, 0.15) is 16.7 Å². The molecule has 0 atom stereocenters. The first-order valence-electron chi connectivity index (χ1n) is 3.38. The van der Waals surface area contributed by atoms with E-state index < -0.39 is 0 Å². The number of aryl methyl sites for hydroxylation is 1. The largest absolute Gasteiger partial charge is 0.271 e. The van der Waals surface area contributed by atoms with Crippen LogP contribution in [0.25, 0.3) is 0 Å². The summed E-state index contributed by atoms with van der Waals surface area (Å²) in [6.07, 6.45) is 1.12. The quantitative estimate of drug-likeness (QED) is 0.511. The molecule has 0 aliphatic heterocycles. The second kappa shape index (κ2) is 3.71. The SMILES string of the molecule is CCc1ccc(CNN)s1. The molecule has 3 heteroatoms. The number of thiophene rings is 1. The number of nitrogens with two attached hydrogens (primary N) is 1. The summed E-state index contributed by atoms with van der Waals surface area (Å²) in [7, 11) is 0. The van der Waals surface area contributed by atoms with Crippen molar-refractivity contribution in [3.63, 3.8) is 0 Å².